The van der Waals surface area contributed by atoms with Crippen molar-refractivity contribution in [2.45, 2.75) is 81.3 Å². The van der Waals surface area contributed by atoms with Crippen molar-refractivity contribution in [1.29, 1.82) is 0 Å². The van der Waals surface area contributed by atoms with E-state index in [1.807, 2.05) is 38.1 Å². The number of hydrogen-bond acceptors (Lipinski definition) is 1. The minimum Gasteiger partial charge on any atom is -0.392 e. The first kappa shape index (κ1) is 27.6. The van der Waals surface area contributed by atoms with Crippen LogP contribution in [0.3, 0.4) is 0 Å². The number of hydrogen-bond donors (Lipinski definition) is 1. The maximum Gasteiger partial charge on any atom is 0.0681 e. The van der Waals surface area contributed by atoms with Crippen molar-refractivity contribution in [3.8, 4) is 0 Å². The maximum atomic E-state index is 9.37. The van der Waals surface area contributed by atoms with Crippen molar-refractivity contribution < 1.29 is 5.11 Å². The highest BCUT2D eigenvalue weighted by Crippen LogP contribution is 2.37. The predicted molar refractivity (Wildman–Crippen MR) is 124 cm³/mol. The lowest BCUT2D eigenvalue weighted by atomic mass is 9.77. The Bertz CT molecular complexity index is 553. The fraction of sp³-hybridized carbons (Fsp3) is 0.538. The molecule has 1 unspecified atom stereocenters. The molecular weight excluding hydrogens is 328 g/mol. The molecule has 0 amide bonds. The first-order valence-electron chi connectivity index (χ1n) is 10.3. The first-order valence-corrected chi connectivity index (χ1v) is 10.3. The van der Waals surface area contributed by atoms with E-state index in [1.165, 1.54) is 11.1 Å². The molecule has 1 heteroatoms. The van der Waals surface area contributed by atoms with Crippen LogP contribution < -0.4 is 0 Å². The lowest BCUT2D eigenvalue weighted by Crippen LogP contribution is -2.13. The van der Waals surface area contributed by atoms with Gasteiger partial charge in [-0.15, -0.1) is 0 Å². The highest BCUT2D eigenvalue weighted by atomic mass is 16.3. The summed E-state index contributed by atoms with van der Waals surface area (Å²) in [5, 5.41) is 9.37. The Morgan fingerprint density at radius 2 is 1.70 bits per heavy atom. The third-order valence-corrected chi connectivity index (χ3v) is 3.51. The summed E-state index contributed by atoms with van der Waals surface area (Å²) in [5.41, 5.74) is 3.75. The third-order valence-electron chi connectivity index (χ3n) is 3.51. The molecule has 27 heavy (non-hydrogen) atoms. The summed E-state index contributed by atoms with van der Waals surface area (Å²) < 4.78 is 0. The molecular formula is C26H44O. The van der Waals surface area contributed by atoms with E-state index in [4.69, 9.17) is 0 Å². The summed E-state index contributed by atoms with van der Waals surface area (Å²) >= 11 is 0. The van der Waals surface area contributed by atoms with Crippen molar-refractivity contribution in [3.63, 3.8) is 0 Å². The second-order valence-corrected chi connectivity index (χ2v) is 8.34. The van der Waals surface area contributed by atoms with E-state index in [0.717, 1.165) is 17.9 Å². The molecule has 0 bridgehead atoms. The summed E-state index contributed by atoms with van der Waals surface area (Å²) in [4.78, 5) is 0. The molecule has 1 rings (SSSR count). The van der Waals surface area contributed by atoms with Crippen LogP contribution in [0.2, 0.25) is 0 Å². The molecule has 1 aromatic rings. The van der Waals surface area contributed by atoms with Gasteiger partial charge in [-0.1, -0.05) is 111 Å². The van der Waals surface area contributed by atoms with Gasteiger partial charge in [-0.2, -0.15) is 0 Å². The van der Waals surface area contributed by atoms with E-state index in [9.17, 15) is 5.11 Å². The fourth-order valence-corrected chi connectivity index (χ4v) is 2.54. The summed E-state index contributed by atoms with van der Waals surface area (Å²) in [6.07, 6.45) is 9.16. The van der Waals surface area contributed by atoms with E-state index in [-0.39, 0.29) is 12.0 Å². The van der Waals surface area contributed by atoms with Gasteiger partial charge in [0.1, 0.15) is 0 Å². The molecule has 0 heterocycles. The molecule has 0 aromatic heterocycles. The van der Waals surface area contributed by atoms with Gasteiger partial charge in [0.15, 0.2) is 0 Å². The second-order valence-electron chi connectivity index (χ2n) is 8.34. The van der Waals surface area contributed by atoms with Crippen LogP contribution in [0.15, 0.2) is 60.7 Å². The van der Waals surface area contributed by atoms with E-state index in [0.29, 0.717) is 5.92 Å². The van der Waals surface area contributed by atoms with Gasteiger partial charge in [-0.05, 0) is 41.4 Å². The minimum absolute atomic E-state index is 0.0871. The molecule has 1 nitrogen and oxygen atoms in total. The maximum absolute atomic E-state index is 9.37. The van der Waals surface area contributed by atoms with Gasteiger partial charge in [0.25, 0.3) is 0 Å². The van der Waals surface area contributed by atoms with E-state index >= 15 is 0 Å². The summed E-state index contributed by atoms with van der Waals surface area (Å²) in [6, 6.07) is 8.26. The molecule has 0 spiro atoms. The number of aliphatic hydroxyl groups excluding tert-OH is 1. The Hall–Kier alpha value is -1.60. The lowest BCUT2D eigenvalue weighted by molar-refractivity contribution is 0.281. The Balaban J connectivity index is 0. The molecule has 0 aliphatic heterocycles. The van der Waals surface area contributed by atoms with Gasteiger partial charge in [0.2, 0.25) is 0 Å². The summed E-state index contributed by atoms with van der Waals surface area (Å²) in [6.45, 7) is 23.2. The zero-order valence-electron chi connectivity index (χ0n) is 19.3. The van der Waals surface area contributed by atoms with Crippen molar-refractivity contribution in [3.05, 3.63) is 71.8 Å². The molecule has 0 saturated carbocycles. The average molecular weight is 373 g/mol. The highest BCUT2D eigenvalue weighted by molar-refractivity contribution is 5.37. The van der Waals surface area contributed by atoms with E-state index in [2.05, 4.69) is 79.3 Å². The van der Waals surface area contributed by atoms with Crippen molar-refractivity contribution in [2.75, 3.05) is 0 Å². The normalized spacial score (nSPS) is 12.8. The van der Waals surface area contributed by atoms with Crippen molar-refractivity contribution >= 4 is 0 Å². The molecule has 0 aliphatic rings. The Labute approximate surface area is 169 Å². The predicted octanol–water partition coefficient (Wildman–Crippen LogP) is 8.08. The van der Waals surface area contributed by atoms with Gasteiger partial charge in [-0.3, -0.25) is 0 Å². The van der Waals surface area contributed by atoms with Crippen molar-refractivity contribution in [2.24, 2.45) is 11.3 Å². The minimum atomic E-state index is 0.0871. The Morgan fingerprint density at radius 3 is 2.11 bits per heavy atom. The zero-order chi connectivity index (χ0) is 21.5. The average Bonchev–Trinajstić information content (AvgIpc) is 2.61. The molecule has 0 radical (unpaired) electrons. The monoisotopic (exact) mass is 372 g/mol. The smallest absolute Gasteiger partial charge is 0.0681 e. The summed E-state index contributed by atoms with van der Waals surface area (Å²) in [7, 11) is 0. The molecule has 0 saturated heterocycles. The van der Waals surface area contributed by atoms with Crippen LogP contribution in [0.4, 0.5) is 0 Å². The number of benzene rings is 1. The second kappa shape index (κ2) is 15.5. The highest BCUT2D eigenvalue weighted by Gasteiger charge is 2.22. The topological polar surface area (TPSA) is 20.2 Å². The Kier molecular flexibility index (Phi) is 15.8. The van der Waals surface area contributed by atoms with Gasteiger partial charge < -0.3 is 5.11 Å². The molecule has 0 fully saturated rings. The van der Waals surface area contributed by atoms with Crippen LogP contribution in [-0.4, -0.2) is 5.11 Å². The molecule has 1 atom stereocenters. The van der Waals surface area contributed by atoms with Gasteiger partial charge in [-0.25, -0.2) is 0 Å². The van der Waals surface area contributed by atoms with Crippen LogP contribution in [0, 0.1) is 11.3 Å². The van der Waals surface area contributed by atoms with Crippen LogP contribution >= 0.6 is 0 Å². The Morgan fingerprint density at radius 1 is 1.15 bits per heavy atom. The van der Waals surface area contributed by atoms with Gasteiger partial charge in [0.05, 0.1) is 6.61 Å². The quantitative estimate of drug-likeness (QED) is 0.500. The molecule has 0 aliphatic carbocycles. The van der Waals surface area contributed by atoms with Crippen LogP contribution in [-0.2, 0) is 6.61 Å². The number of rotatable bonds is 6. The van der Waals surface area contributed by atoms with Crippen LogP contribution in [0.1, 0.15) is 85.8 Å². The van der Waals surface area contributed by atoms with Crippen molar-refractivity contribution in [1.82, 2.24) is 0 Å². The first-order chi connectivity index (χ1) is 12.6. The summed E-state index contributed by atoms with van der Waals surface area (Å²) in [5.74, 6) is 1.16. The van der Waals surface area contributed by atoms with Gasteiger partial charge >= 0.3 is 0 Å². The van der Waals surface area contributed by atoms with Crippen LogP contribution in [0.5, 0.6) is 0 Å². The molecule has 1 N–H and O–H groups in total. The lowest BCUT2D eigenvalue weighted by Gasteiger charge is -2.28. The van der Waals surface area contributed by atoms with E-state index in [1.54, 1.807) is 0 Å². The van der Waals surface area contributed by atoms with Crippen LogP contribution in [0.25, 0.3) is 0 Å². The molecule has 1 aromatic carbocycles. The number of allylic oxidation sites excluding steroid dienone is 5. The SMILES string of the molecule is C=C/C=C\C(=C/C)C(CC(C)(C)C)c1cccc(CO)c1.CC.CC(C)C. The standard InChI is InChI=1S/C20H28O.C4H10.C2H6/c1-6-8-11-17(7-2)19(14-20(3,4)5)18-12-9-10-16(13-18)15-21;1-4(2)3;1-2/h6-13,19,21H,1,14-15H2,2-5H3;4H,1-3H3;1-2H3/b11-8-,17-7+;;. The van der Waals surface area contributed by atoms with E-state index < -0.39 is 0 Å². The zero-order valence-corrected chi connectivity index (χ0v) is 19.3. The number of aliphatic hydroxyl groups is 1. The molecule has 154 valence electrons. The fourth-order valence-electron chi connectivity index (χ4n) is 2.54. The van der Waals surface area contributed by atoms with Gasteiger partial charge in [0, 0.05) is 5.92 Å². The largest absolute Gasteiger partial charge is 0.392 e. The third kappa shape index (κ3) is 14.2.